The van der Waals surface area contributed by atoms with Gasteiger partial charge in [0.25, 0.3) is 5.69 Å². The molecule has 0 N–H and O–H groups in total. The number of fused-ring (bicyclic) bond motifs is 1. The zero-order valence-corrected chi connectivity index (χ0v) is 15.6. The number of aromatic nitrogens is 2. The van der Waals surface area contributed by atoms with Gasteiger partial charge < -0.3 is 9.30 Å². The van der Waals surface area contributed by atoms with Gasteiger partial charge in [0.2, 0.25) is 0 Å². The molecule has 0 bridgehead atoms. The van der Waals surface area contributed by atoms with Crippen molar-refractivity contribution in [1.29, 1.82) is 0 Å². The number of hydrogen-bond donors (Lipinski definition) is 0. The third-order valence-corrected chi connectivity index (χ3v) is 4.33. The van der Waals surface area contributed by atoms with Crippen molar-refractivity contribution < 1.29 is 14.5 Å². The molecule has 0 saturated heterocycles. The van der Waals surface area contributed by atoms with E-state index in [1.165, 1.54) is 25.3 Å². The highest BCUT2D eigenvalue weighted by Gasteiger charge is 2.14. The van der Waals surface area contributed by atoms with Gasteiger partial charge in [-0.2, -0.15) is 0 Å². The van der Waals surface area contributed by atoms with Gasteiger partial charge in [0.1, 0.15) is 5.65 Å². The van der Waals surface area contributed by atoms with Crippen molar-refractivity contribution in [3.63, 3.8) is 0 Å². The molecule has 8 heteroatoms. The average Bonchev–Trinajstić information content (AvgIpc) is 2.97. The molecule has 3 rings (SSSR count). The molecule has 3 aromatic rings. The summed E-state index contributed by atoms with van der Waals surface area (Å²) in [6.45, 7) is 1.80. The number of pyridine rings is 1. The normalized spacial score (nSPS) is 11.2. The van der Waals surface area contributed by atoms with Crippen LogP contribution in [0.15, 0.2) is 47.2 Å². The summed E-state index contributed by atoms with van der Waals surface area (Å²) in [7, 11) is 1.31. The SMILES string of the molecule is COC(=O)/C=C/c1cn(-c2ccc([N+](=O)[O-])cc2C)c2ncc(Br)cc12. The van der Waals surface area contributed by atoms with Crippen LogP contribution in [0.4, 0.5) is 5.69 Å². The molecule has 0 aliphatic carbocycles. The largest absolute Gasteiger partial charge is 0.466 e. The number of esters is 1. The van der Waals surface area contributed by atoms with Crippen molar-refractivity contribution in [3.05, 3.63) is 68.4 Å². The van der Waals surface area contributed by atoms with Crippen LogP contribution in [0.2, 0.25) is 0 Å². The van der Waals surface area contributed by atoms with Crippen LogP contribution in [-0.4, -0.2) is 27.6 Å². The highest BCUT2D eigenvalue weighted by Crippen LogP contribution is 2.29. The third-order valence-electron chi connectivity index (χ3n) is 3.89. The fourth-order valence-electron chi connectivity index (χ4n) is 2.67. The Balaban J connectivity index is 2.19. The van der Waals surface area contributed by atoms with Gasteiger partial charge in [0, 0.05) is 46.0 Å². The van der Waals surface area contributed by atoms with Gasteiger partial charge in [-0.15, -0.1) is 0 Å². The van der Waals surface area contributed by atoms with Crippen LogP contribution >= 0.6 is 15.9 Å². The molecule has 2 aromatic heterocycles. The molecule has 0 spiro atoms. The number of ether oxygens (including phenoxy) is 1. The van der Waals surface area contributed by atoms with Crippen molar-refractivity contribution >= 4 is 44.7 Å². The zero-order chi connectivity index (χ0) is 18.8. The first-order valence-electron chi connectivity index (χ1n) is 7.58. The molecule has 0 saturated carbocycles. The zero-order valence-electron chi connectivity index (χ0n) is 14.0. The van der Waals surface area contributed by atoms with Crippen LogP contribution in [0, 0.1) is 17.0 Å². The van der Waals surface area contributed by atoms with E-state index in [1.54, 1.807) is 25.3 Å². The Kier molecular flexibility index (Phi) is 4.85. The number of hydrogen-bond acceptors (Lipinski definition) is 5. The number of halogens is 1. The Morgan fingerprint density at radius 3 is 2.81 bits per heavy atom. The summed E-state index contributed by atoms with van der Waals surface area (Å²) in [5.41, 5.74) is 2.99. The number of carbonyl (C=O) groups excluding carboxylic acids is 1. The smallest absolute Gasteiger partial charge is 0.330 e. The summed E-state index contributed by atoms with van der Waals surface area (Å²) < 4.78 is 7.28. The van der Waals surface area contributed by atoms with E-state index < -0.39 is 10.9 Å². The van der Waals surface area contributed by atoms with Crippen LogP contribution in [-0.2, 0) is 9.53 Å². The predicted octanol–water partition coefficient (Wildman–Crippen LogP) is 4.19. The number of methoxy groups -OCH3 is 1. The number of non-ortho nitro benzene ring substituents is 1. The number of nitro benzene ring substituents is 1. The fraction of sp³-hybridized carbons (Fsp3) is 0.111. The van der Waals surface area contributed by atoms with Crippen molar-refractivity contribution in [2.24, 2.45) is 0 Å². The first kappa shape index (κ1) is 17.8. The first-order chi connectivity index (χ1) is 12.4. The number of carbonyl (C=O) groups is 1. The molecule has 132 valence electrons. The third kappa shape index (κ3) is 3.36. The minimum Gasteiger partial charge on any atom is -0.466 e. The first-order valence-corrected chi connectivity index (χ1v) is 8.38. The lowest BCUT2D eigenvalue weighted by Gasteiger charge is -2.08. The Morgan fingerprint density at radius 1 is 1.38 bits per heavy atom. The predicted molar refractivity (Wildman–Crippen MR) is 101 cm³/mol. The summed E-state index contributed by atoms with van der Waals surface area (Å²) in [5.74, 6) is -0.458. The second-order valence-electron chi connectivity index (χ2n) is 5.56. The highest BCUT2D eigenvalue weighted by molar-refractivity contribution is 9.10. The molecule has 0 aliphatic rings. The molecule has 0 unspecified atom stereocenters. The van der Waals surface area contributed by atoms with Gasteiger partial charge in [-0.25, -0.2) is 9.78 Å². The number of rotatable bonds is 4. The van der Waals surface area contributed by atoms with Gasteiger partial charge >= 0.3 is 5.97 Å². The number of aryl methyl sites for hydroxylation is 1. The molecule has 7 nitrogen and oxygen atoms in total. The van der Waals surface area contributed by atoms with Crippen molar-refractivity contribution in [3.8, 4) is 5.69 Å². The highest BCUT2D eigenvalue weighted by atomic mass is 79.9. The standard InChI is InChI=1S/C18H14BrN3O4/c1-11-7-14(22(24)25)4-5-16(11)21-10-12(3-6-17(23)26-2)15-8-13(19)9-20-18(15)21/h3-10H,1-2H3/b6-3+. The molecule has 2 heterocycles. The summed E-state index contributed by atoms with van der Waals surface area (Å²) in [6.07, 6.45) is 6.49. The molecule has 0 atom stereocenters. The van der Waals surface area contributed by atoms with E-state index in [0.29, 0.717) is 5.65 Å². The Bertz CT molecular complexity index is 1060. The molecule has 0 radical (unpaired) electrons. The van der Waals surface area contributed by atoms with Crippen molar-refractivity contribution in [2.45, 2.75) is 6.92 Å². The lowest BCUT2D eigenvalue weighted by atomic mass is 10.2. The summed E-state index contributed by atoms with van der Waals surface area (Å²) >= 11 is 3.40. The fourth-order valence-corrected chi connectivity index (χ4v) is 3.00. The van der Waals surface area contributed by atoms with E-state index in [-0.39, 0.29) is 5.69 Å². The minimum atomic E-state index is -0.458. The quantitative estimate of drug-likeness (QED) is 0.276. The maximum absolute atomic E-state index is 11.4. The van der Waals surface area contributed by atoms with Gasteiger partial charge in [0.05, 0.1) is 17.7 Å². The Morgan fingerprint density at radius 2 is 2.15 bits per heavy atom. The molecule has 0 fully saturated rings. The lowest BCUT2D eigenvalue weighted by molar-refractivity contribution is -0.384. The number of benzene rings is 1. The number of nitrogens with zero attached hydrogens (tertiary/aromatic N) is 3. The second kappa shape index (κ2) is 7.09. The number of nitro groups is 1. The van der Waals surface area contributed by atoms with Crippen LogP contribution in [0.5, 0.6) is 0 Å². The molecule has 1 aromatic carbocycles. The van der Waals surface area contributed by atoms with E-state index in [4.69, 9.17) is 0 Å². The maximum Gasteiger partial charge on any atom is 0.330 e. The second-order valence-corrected chi connectivity index (χ2v) is 6.48. The van der Waals surface area contributed by atoms with E-state index in [0.717, 1.165) is 26.7 Å². The van der Waals surface area contributed by atoms with E-state index in [2.05, 4.69) is 25.7 Å². The van der Waals surface area contributed by atoms with Gasteiger partial charge in [-0.05, 0) is 46.6 Å². The maximum atomic E-state index is 11.4. The summed E-state index contributed by atoms with van der Waals surface area (Å²) in [5, 5.41) is 11.8. The van der Waals surface area contributed by atoms with Crippen molar-refractivity contribution in [1.82, 2.24) is 9.55 Å². The average molecular weight is 416 g/mol. The monoisotopic (exact) mass is 415 g/mol. The summed E-state index contributed by atoms with van der Waals surface area (Å²) in [4.78, 5) is 26.4. The van der Waals surface area contributed by atoms with E-state index >= 15 is 0 Å². The minimum absolute atomic E-state index is 0.0317. The molecule has 0 aliphatic heterocycles. The molecule has 0 amide bonds. The molecule has 26 heavy (non-hydrogen) atoms. The Hall–Kier alpha value is -3.00. The van der Waals surface area contributed by atoms with E-state index in [9.17, 15) is 14.9 Å². The van der Waals surface area contributed by atoms with Gasteiger partial charge in [-0.1, -0.05) is 0 Å². The van der Waals surface area contributed by atoms with Crippen molar-refractivity contribution in [2.75, 3.05) is 7.11 Å². The summed E-state index contributed by atoms with van der Waals surface area (Å²) in [6, 6.07) is 6.56. The van der Waals surface area contributed by atoms with Crippen LogP contribution in [0.25, 0.3) is 22.8 Å². The van der Waals surface area contributed by atoms with Gasteiger partial charge in [0.15, 0.2) is 0 Å². The van der Waals surface area contributed by atoms with E-state index in [1.807, 2.05) is 16.8 Å². The molecular formula is C18H14BrN3O4. The van der Waals surface area contributed by atoms with Crippen LogP contribution in [0.3, 0.4) is 0 Å². The van der Waals surface area contributed by atoms with Crippen LogP contribution in [0.1, 0.15) is 11.1 Å². The topological polar surface area (TPSA) is 87.3 Å². The van der Waals surface area contributed by atoms with Crippen LogP contribution < -0.4 is 0 Å². The lowest BCUT2D eigenvalue weighted by Crippen LogP contribution is -1.98. The van der Waals surface area contributed by atoms with Gasteiger partial charge in [-0.3, -0.25) is 10.1 Å². The Labute approximate surface area is 157 Å². The molecular weight excluding hydrogens is 402 g/mol.